The Morgan fingerprint density at radius 2 is 1.54 bits per heavy atom. The maximum Gasteiger partial charge on any atom is 0.320 e. The van der Waals surface area contributed by atoms with E-state index < -0.39 is 12.0 Å². The van der Waals surface area contributed by atoms with E-state index in [4.69, 9.17) is 15.6 Å². The number of hydrogen-bond donors (Lipinski definition) is 3. The molecule has 140 valence electrons. The van der Waals surface area contributed by atoms with Crippen molar-refractivity contribution in [3.05, 3.63) is 0 Å². The van der Waals surface area contributed by atoms with Crippen LogP contribution in [0.1, 0.15) is 32.1 Å². The predicted octanol–water partition coefficient (Wildman–Crippen LogP) is 3.32. The molecule has 0 aromatic heterocycles. The van der Waals surface area contributed by atoms with Gasteiger partial charge < -0.3 is 20.7 Å². The zero-order valence-corrected chi connectivity index (χ0v) is 21.7. The Morgan fingerprint density at radius 1 is 1.04 bits per heavy atom. The summed E-state index contributed by atoms with van der Waals surface area (Å²) in [5, 5.41) is 19.1. The van der Waals surface area contributed by atoms with E-state index in [9.17, 15) is 9.90 Å². The van der Waals surface area contributed by atoms with Gasteiger partial charge in [0.15, 0.2) is 0 Å². The van der Waals surface area contributed by atoms with E-state index in [1.165, 1.54) is 0 Å². The Morgan fingerprint density at radius 3 is 2.00 bits per heavy atom. The normalized spacial score (nSPS) is 44.9. The molecule has 2 fully saturated rings. The van der Waals surface area contributed by atoms with E-state index in [1.807, 2.05) is 0 Å². The van der Waals surface area contributed by atoms with Crippen LogP contribution in [0.5, 0.6) is 0 Å². The first kappa shape index (κ1) is 22.6. The molecular weight excluding hydrogens is 766 g/mol. The lowest BCUT2D eigenvalue weighted by Crippen LogP contribution is -2.48. The van der Waals surface area contributed by atoms with Crippen molar-refractivity contribution in [1.29, 1.82) is 0 Å². The Labute approximate surface area is 197 Å². The van der Waals surface area contributed by atoms with Crippen LogP contribution in [0.15, 0.2) is 0 Å². The topological polar surface area (TPSA) is 92.8 Å². The number of ether oxygens (including phenoxy) is 1. The molecule has 0 heterocycles. The number of carboxylic acids is 1. The largest absolute Gasteiger partial charge is 0.480 e. The molecule has 2 rings (SSSR count). The molecule has 0 aliphatic heterocycles. The number of nitrogens with two attached hydrogens (primary N) is 1. The van der Waals surface area contributed by atoms with E-state index in [1.54, 1.807) is 0 Å². The average molecular weight is 789 g/mol. The molecule has 4 N–H and O–H groups in total. The first-order valence-electron chi connectivity index (χ1n) is 8.07. The summed E-state index contributed by atoms with van der Waals surface area (Å²) in [6, 6.07) is -0.765. The molecule has 2 aliphatic rings. The maximum atomic E-state index is 11.0. The average Bonchev–Trinajstić information content (AvgIpc) is 2.48. The summed E-state index contributed by atoms with van der Waals surface area (Å²) in [4.78, 5) is 11.0. The summed E-state index contributed by atoms with van der Waals surface area (Å²) < 4.78 is 7.69. The second kappa shape index (κ2) is 10.2. The number of aliphatic carboxylic acids is 1. The van der Waals surface area contributed by atoms with Crippen LogP contribution in [0, 0.1) is 5.92 Å². The lowest BCUT2D eigenvalue weighted by atomic mass is 9.83. The van der Waals surface area contributed by atoms with Crippen LogP contribution in [0.3, 0.4) is 0 Å². The van der Waals surface area contributed by atoms with Gasteiger partial charge in [0.25, 0.3) is 0 Å². The van der Waals surface area contributed by atoms with E-state index >= 15 is 0 Å². The molecule has 5 nitrogen and oxygen atoms in total. The van der Waals surface area contributed by atoms with Crippen molar-refractivity contribution in [2.45, 2.75) is 72.2 Å². The van der Waals surface area contributed by atoms with E-state index in [0.717, 1.165) is 25.7 Å². The number of alkyl halides is 4. The van der Waals surface area contributed by atoms with Gasteiger partial charge in [-0.1, -0.05) is 90.4 Å². The van der Waals surface area contributed by atoms with Crippen LogP contribution in [0.2, 0.25) is 0 Å². The van der Waals surface area contributed by atoms with E-state index in [-0.39, 0.29) is 26.2 Å². The highest BCUT2D eigenvalue weighted by Gasteiger charge is 2.41. The molecule has 0 aromatic carbocycles. The summed E-state index contributed by atoms with van der Waals surface area (Å²) in [6.45, 7) is 0. The van der Waals surface area contributed by atoms with Gasteiger partial charge in [0.05, 0.1) is 18.3 Å². The van der Waals surface area contributed by atoms with Gasteiger partial charge in [0, 0.05) is 15.7 Å². The second-order valence-electron chi connectivity index (χ2n) is 6.77. The molecule has 9 heteroatoms. The summed E-state index contributed by atoms with van der Waals surface area (Å²) >= 11 is 9.57. The van der Waals surface area contributed by atoms with Crippen molar-refractivity contribution in [1.82, 2.24) is 0 Å². The number of carbonyl (C=O) groups is 1. The summed E-state index contributed by atoms with van der Waals surface area (Å²) in [7, 11) is 0. The second-order valence-corrected chi connectivity index (χ2v) is 13.2. The fourth-order valence-electron chi connectivity index (χ4n) is 3.49. The van der Waals surface area contributed by atoms with Crippen molar-refractivity contribution < 1.29 is 19.7 Å². The van der Waals surface area contributed by atoms with E-state index in [2.05, 4.69) is 90.4 Å². The number of carboxylic acid groups (broad SMARTS) is 1. The molecule has 0 aromatic rings. The number of aliphatic hydroxyl groups excluding tert-OH is 1. The minimum atomic E-state index is -0.912. The van der Waals surface area contributed by atoms with Gasteiger partial charge in [0.2, 0.25) is 0 Å². The van der Waals surface area contributed by atoms with Gasteiger partial charge in [-0.25, -0.2) is 0 Å². The van der Waals surface area contributed by atoms with Gasteiger partial charge in [-0.05, 0) is 38.0 Å². The van der Waals surface area contributed by atoms with Crippen LogP contribution in [-0.2, 0) is 9.53 Å². The molecule has 24 heavy (non-hydrogen) atoms. The molecule has 0 amide bonds. The number of rotatable bonds is 5. The standard InChI is InChI=1S/C15H23I4NO4/c16-8-4-7(5-9(17)13(8)21)24-14-10(18)1-6(2-11(14)19)3-12(20)15(22)23/h6-14,21H,1-5,20H2,(H,22,23). The van der Waals surface area contributed by atoms with Gasteiger partial charge in [-0.2, -0.15) is 0 Å². The van der Waals surface area contributed by atoms with Crippen LogP contribution < -0.4 is 5.73 Å². The Hall–Kier alpha value is 2.27. The van der Waals surface area contributed by atoms with Crippen molar-refractivity contribution in [2.24, 2.45) is 11.7 Å². The summed E-state index contributed by atoms with van der Waals surface area (Å²) in [6.07, 6.45) is 4.42. The molecule has 5 atom stereocenters. The summed E-state index contributed by atoms with van der Waals surface area (Å²) in [5.41, 5.74) is 5.70. The third kappa shape index (κ3) is 6.14. The minimum Gasteiger partial charge on any atom is -0.480 e. The minimum absolute atomic E-state index is 0.191. The van der Waals surface area contributed by atoms with Crippen LogP contribution in [-0.4, -0.2) is 56.2 Å². The highest BCUT2D eigenvalue weighted by atomic mass is 127. The van der Waals surface area contributed by atoms with Crippen LogP contribution >= 0.6 is 90.4 Å². The third-order valence-corrected chi connectivity index (χ3v) is 9.73. The predicted molar refractivity (Wildman–Crippen MR) is 128 cm³/mol. The molecular formula is C15H23I4NO4. The maximum absolute atomic E-state index is 11.0. The monoisotopic (exact) mass is 789 g/mol. The highest BCUT2D eigenvalue weighted by Crippen LogP contribution is 2.40. The molecule has 5 unspecified atom stereocenters. The zero-order valence-electron chi connectivity index (χ0n) is 13.0. The number of halogens is 4. The molecule has 0 radical (unpaired) electrons. The smallest absolute Gasteiger partial charge is 0.320 e. The SMILES string of the molecule is NC(CC1CC(I)C(OC2CC(I)C(O)C(I)C2)C(I)C1)C(=O)O. The third-order valence-electron chi connectivity index (χ3n) is 4.80. The fraction of sp³-hybridized carbons (Fsp3) is 0.933. The van der Waals surface area contributed by atoms with Gasteiger partial charge in [-0.15, -0.1) is 0 Å². The quantitative estimate of drug-likeness (QED) is 0.294. The van der Waals surface area contributed by atoms with Crippen molar-refractivity contribution in [3.63, 3.8) is 0 Å². The lowest BCUT2D eigenvalue weighted by Gasteiger charge is -2.42. The number of aliphatic hydroxyl groups is 1. The van der Waals surface area contributed by atoms with Gasteiger partial charge in [-0.3, -0.25) is 4.79 Å². The Kier molecular flexibility index (Phi) is 9.55. The van der Waals surface area contributed by atoms with E-state index in [0.29, 0.717) is 20.2 Å². The Balaban J connectivity index is 1.90. The first-order chi connectivity index (χ1) is 11.2. The van der Waals surface area contributed by atoms with Crippen molar-refractivity contribution in [2.75, 3.05) is 0 Å². The molecule has 0 bridgehead atoms. The molecule has 2 aliphatic carbocycles. The van der Waals surface area contributed by atoms with Gasteiger partial charge >= 0.3 is 5.97 Å². The van der Waals surface area contributed by atoms with Crippen molar-refractivity contribution >= 4 is 96.3 Å². The van der Waals surface area contributed by atoms with Crippen LogP contribution in [0.4, 0.5) is 0 Å². The molecule has 0 saturated heterocycles. The first-order valence-corrected chi connectivity index (χ1v) is 13.1. The lowest BCUT2D eigenvalue weighted by molar-refractivity contribution is -0.139. The molecule has 0 spiro atoms. The Bertz CT molecular complexity index is 420. The van der Waals surface area contributed by atoms with Crippen molar-refractivity contribution in [3.8, 4) is 0 Å². The van der Waals surface area contributed by atoms with Crippen LogP contribution in [0.25, 0.3) is 0 Å². The zero-order chi connectivity index (χ0) is 18.0. The molecule has 2 saturated carbocycles. The number of hydrogen-bond acceptors (Lipinski definition) is 4. The summed E-state index contributed by atoms with van der Waals surface area (Å²) in [5.74, 6) is -0.562. The van der Waals surface area contributed by atoms with Gasteiger partial charge in [0.1, 0.15) is 6.04 Å². The fourth-order valence-corrected chi connectivity index (χ4v) is 9.99. The highest BCUT2D eigenvalue weighted by molar-refractivity contribution is 14.1.